The highest BCUT2D eigenvalue weighted by molar-refractivity contribution is 5.93. The van der Waals surface area contributed by atoms with E-state index in [2.05, 4.69) is 14.9 Å². The third-order valence-electron chi connectivity index (χ3n) is 5.77. The molecular formula is C24H30N6O6. The zero-order valence-electron chi connectivity index (χ0n) is 20.8. The van der Waals surface area contributed by atoms with E-state index in [9.17, 15) is 14.9 Å². The molecule has 0 unspecified atom stereocenters. The number of nitrogens with zero attached hydrogens (tertiary/aromatic N) is 5. The monoisotopic (exact) mass is 498 g/mol. The Bertz CT molecular complexity index is 1230. The third kappa shape index (κ3) is 5.89. The van der Waals surface area contributed by atoms with E-state index in [1.807, 2.05) is 13.8 Å². The molecule has 0 aliphatic rings. The molecule has 0 aliphatic heterocycles. The van der Waals surface area contributed by atoms with Gasteiger partial charge < -0.3 is 24.8 Å². The maximum Gasteiger partial charge on any atom is 0.319 e. The van der Waals surface area contributed by atoms with Crippen LogP contribution in [0.1, 0.15) is 20.3 Å². The van der Waals surface area contributed by atoms with E-state index in [-0.39, 0.29) is 29.5 Å². The highest BCUT2D eigenvalue weighted by Crippen LogP contribution is 2.38. The average molecular weight is 499 g/mol. The minimum Gasteiger partial charge on any atom is -0.493 e. The average Bonchev–Trinajstić information content (AvgIpc) is 2.88. The van der Waals surface area contributed by atoms with Gasteiger partial charge >= 0.3 is 6.03 Å². The summed E-state index contributed by atoms with van der Waals surface area (Å²) in [5.74, 6) is 1.27. The lowest BCUT2D eigenvalue weighted by molar-refractivity contribution is -0.384. The van der Waals surface area contributed by atoms with Gasteiger partial charge in [0.15, 0.2) is 11.5 Å². The molecule has 2 aromatic carbocycles. The van der Waals surface area contributed by atoms with Crippen molar-refractivity contribution in [3.63, 3.8) is 0 Å². The van der Waals surface area contributed by atoms with Crippen LogP contribution in [0, 0.1) is 10.1 Å². The Kier molecular flexibility index (Phi) is 8.79. The number of benzene rings is 2. The van der Waals surface area contributed by atoms with Crippen molar-refractivity contribution in [1.82, 2.24) is 14.9 Å². The summed E-state index contributed by atoms with van der Waals surface area (Å²) in [5.41, 5.74) is 5.90. The van der Waals surface area contributed by atoms with E-state index >= 15 is 0 Å². The van der Waals surface area contributed by atoms with Gasteiger partial charge in [0.2, 0.25) is 5.88 Å². The molecule has 3 aromatic rings. The van der Waals surface area contributed by atoms with Crippen LogP contribution in [0.5, 0.6) is 23.1 Å². The number of carbonyl (C=O) groups excluding carboxylic acids is 1. The van der Waals surface area contributed by atoms with E-state index in [0.717, 1.165) is 19.6 Å². The Morgan fingerprint density at radius 1 is 1.06 bits per heavy atom. The van der Waals surface area contributed by atoms with Gasteiger partial charge in [0.25, 0.3) is 5.69 Å². The summed E-state index contributed by atoms with van der Waals surface area (Å²) in [5, 5.41) is 12.4. The minimum atomic E-state index is -0.769. The van der Waals surface area contributed by atoms with Crippen LogP contribution in [-0.2, 0) is 0 Å². The van der Waals surface area contributed by atoms with Crippen molar-refractivity contribution < 1.29 is 23.9 Å². The number of nitrogens with two attached hydrogens (primary N) is 1. The van der Waals surface area contributed by atoms with Gasteiger partial charge in [-0.2, -0.15) is 0 Å². The minimum absolute atomic E-state index is 0.0957. The fourth-order valence-electron chi connectivity index (χ4n) is 3.84. The molecule has 0 aliphatic carbocycles. The predicted octanol–water partition coefficient (Wildman–Crippen LogP) is 3.96. The molecule has 3 rings (SSSR count). The maximum absolute atomic E-state index is 12.2. The molecule has 12 nitrogen and oxygen atoms in total. The molecule has 2 N–H and O–H groups in total. The zero-order chi connectivity index (χ0) is 26.2. The van der Waals surface area contributed by atoms with Crippen molar-refractivity contribution in [2.75, 3.05) is 45.3 Å². The number of aromatic nitrogens is 2. The number of amides is 2. The number of nitro benzene ring substituents is 1. The number of primary amides is 1. The number of urea groups is 1. The van der Waals surface area contributed by atoms with E-state index in [1.165, 1.54) is 43.6 Å². The lowest BCUT2D eigenvalue weighted by Gasteiger charge is -2.23. The smallest absolute Gasteiger partial charge is 0.319 e. The Balaban J connectivity index is 1.93. The van der Waals surface area contributed by atoms with Crippen LogP contribution in [0.25, 0.3) is 10.9 Å². The van der Waals surface area contributed by atoms with Gasteiger partial charge in [0.1, 0.15) is 17.8 Å². The topological polar surface area (TPSA) is 146 Å². The number of anilines is 1. The van der Waals surface area contributed by atoms with Crippen LogP contribution in [0.3, 0.4) is 0 Å². The molecule has 2 amide bonds. The van der Waals surface area contributed by atoms with Crippen LogP contribution in [0.4, 0.5) is 16.2 Å². The van der Waals surface area contributed by atoms with Gasteiger partial charge in [-0.3, -0.25) is 15.0 Å². The molecule has 36 heavy (non-hydrogen) atoms. The number of ether oxygens (including phenoxy) is 3. The Morgan fingerprint density at radius 3 is 2.36 bits per heavy atom. The number of rotatable bonds is 12. The van der Waals surface area contributed by atoms with Crippen molar-refractivity contribution in [3.05, 3.63) is 46.8 Å². The Morgan fingerprint density at radius 2 is 1.75 bits per heavy atom. The summed E-state index contributed by atoms with van der Waals surface area (Å²) < 4.78 is 16.6. The van der Waals surface area contributed by atoms with Crippen molar-refractivity contribution in [1.29, 1.82) is 0 Å². The SMILES string of the molecule is CCN(CC)CCCN(C(N)=O)c1ccc(Oc2ncnc3cc(OC)c(OC)cc23)cc1[N+](=O)[O-]. The molecule has 0 spiro atoms. The first-order valence-electron chi connectivity index (χ1n) is 11.4. The molecule has 0 radical (unpaired) electrons. The molecular weight excluding hydrogens is 468 g/mol. The van der Waals surface area contributed by atoms with Crippen LogP contribution in [-0.4, -0.2) is 66.2 Å². The quantitative estimate of drug-likeness (QED) is 0.289. The van der Waals surface area contributed by atoms with Gasteiger partial charge in [-0.15, -0.1) is 0 Å². The van der Waals surface area contributed by atoms with Gasteiger partial charge in [-0.25, -0.2) is 14.8 Å². The number of fused-ring (bicyclic) bond motifs is 1. The van der Waals surface area contributed by atoms with E-state index in [0.29, 0.717) is 28.8 Å². The van der Waals surface area contributed by atoms with E-state index in [1.54, 1.807) is 12.1 Å². The highest BCUT2D eigenvalue weighted by Gasteiger charge is 2.24. The molecule has 0 fully saturated rings. The fraction of sp³-hybridized carbons (Fsp3) is 0.375. The Labute approximate surface area is 208 Å². The maximum atomic E-state index is 12.2. The normalized spacial score (nSPS) is 10.9. The number of nitro groups is 1. The van der Waals surface area contributed by atoms with Crippen molar-refractivity contribution in [2.45, 2.75) is 20.3 Å². The number of hydrogen-bond donors (Lipinski definition) is 1. The first kappa shape index (κ1) is 26.4. The van der Waals surface area contributed by atoms with Crippen LogP contribution >= 0.6 is 0 Å². The molecule has 0 atom stereocenters. The molecule has 0 saturated heterocycles. The number of carbonyl (C=O) groups is 1. The second-order valence-corrected chi connectivity index (χ2v) is 7.78. The molecule has 192 valence electrons. The van der Waals surface area contributed by atoms with Crippen molar-refractivity contribution in [3.8, 4) is 23.1 Å². The van der Waals surface area contributed by atoms with Gasteiger partial charge in [-0.05, 0) is 44.3 Å². The molecule has 12 heteroatoms. The van der Waals surface area contributed by atoms with Gasteiger partial charge in [0.05, 0.1) is 36.1 Å². The standard InChI is InChI=1S/C24H30N6O6/c1-5-28(6-2)10-7-11-29(24(25)31)19-9-8-16(12-20(19)30(32)33)36-23-17-13-21(34-3)22(35-4)14-18(17)26-15-27-23/h8-9,12-15H,5-7,10-11H2,1-4H3,(H2,25,31). The second kappa shape index (κ2) is 12.0. The fourth-order valence-corrected chi connectivity index (χ4v) is 3.84. The summed E-state index contributed by atoms with van der Waals surface area (Å²) in [4.78, 5) is 35.3. The molecule has 1 heterocycles. The highest BCUT2D eigenvalue weighted by atomic mass is 16.6. The first-order chi connectivity index (χ1) is 17.3. The zero-order valence-corrected chi connectivity index (χ0v) is 20.8. The number of methoxy groups -OCH3 is 2. The van der Waals surface area contributed by atoms with Crippen LogP contribution in [0.15, 0.2) is 36.7 Å². The van der Waals surface area contributed by atoms with Gasteiger partial charge in [0, 0.05) is 12.6 Å². The summed E-state index contributed by atoms with van der Waals surface area (Å²) in [7, 11) is 3.02. The molecule has 0 saturated carbocycles. The van der Waals surface area contributed by atoms with Crippen molar-refractivity contribution in [2.24, 2.45) is 5.73 Å². The van der Waals surface area contributed by atoms with E-state index < -0.39 is 11.0 Å². The lowest BCUT2D eigenvalue weighted by atomic mass is 10.2. The van der Waals surface area contributed by atoms with Gasteiger partial charge in [-0.1, -0.05) is 13.8 Å². The molecule has 1 aromatic heterocycles. The first-order valence-corrected chi connectivity index (χ1v) is 11.4. The lowest BCUT2D eigenvalue weighted by Crippen LogP contribution is -2.38. The third-order valence-corrected chi connectivity index (χ3v) is 5.77. The van der Waals surface area contributed by atoms with Crippen molar-refractivity contribution >= 4 is 28.3 Å². The summed E-state index contributed by atoms with van der Waals surface area (Å²) in [6, 6.07) is 6.78. The van der Waals surface area contributed by atoms with Crippen LogP contribution in [0.2, 0.25) is 0 Å². The van der Waals surface area contributed by atoms with Crippen LogP contribution < -0.4 is 24.8 Å². The molecule has 0 bridgehead atoms. The summed E-state index contributed by atoms with van der Waals surface area (Å²) in [6.45, 7) is 6.82. The second-order valence-electron chi connectivity index (χ2n) is 7.78. The predicted molar refractivity (Wildman–Crippen MR) is 135 cm³/mol. The Hall–Kier alpha value is -4.19. The number of hydrogen-bond acceptors (Lipinski definition) is 9. The largest absolute Gasteiger partial charge is 0.493 e. The summed E-state index contributed by atoms with van der Waals surface area (Å²) in [6.07, 6.45) is 1.93. The summed E-state index contributed by atoms with van der Waals surface area (Å²) >= 11 is 0. The van der Waals surface area contributed by atoms with E-state index in [4.69, 9.17) is 19.9 Å².